The van der Waals surface area contributed by atoms with Crippen LogP contribution in [0, 0.1) is 0 Å². The first-order valence-electron chi connectivity index (χ1n) is 12.0. The molecule has 0 unspecified atom stereocenters. The van der Waals surface area contributed by atoms with Crippen molar-refractivity contribution < 1.29 is 23.9 Å². The number of amides is 2. The number of hydrogen-bond acceptors (Lipinski definition) is 7. The van der Waals surface area contributed by atoms with Gasteiger partial charge in [-0.25, -0.2) is 10.2 Å². The lowest BCUT2D eigenvalue weighted by Gasteiger charge is -2.12. The number of aryl methyl sites for hydroxylation is 1. The second-order valence-corrected chi connectivity index (χ2v) is 10.3. The number of hydrazone groups is 1. The number of nitrogens with zero attached hydrogens (tertiary/aromatic N) is 1. The van der Waals surface area contributed by atoms with Crippen LogP contribution in [0.15, 0.2) is 47.6 Å². The maximum Gasteiger partial charge on any atom is 0.341 e. The Balaban J connectivity index is 1.33. The summed E-state index contributed by atoms with van der Waals surface area (Å²) in [6, 6.07) is 12.2. The average molecular weight is 574 g/mol. The van der Waals surface area contributed by atoms with E-state index in [-0.39, 0.29) is 13.2 Å². The minimum atomic E-state index is -0.959. The molecule has 0 saturated heterocycles. The maximum absolute atomic E-state index is 12.5. The van der Waals surface area contributed by atoms with Gasteiger partial charge in [0.15, 0.2) is 0 Å². The van der Waals surface area contributed by atoms with Crippen molar-refractivity contribution in [3.63, 3.8) is 0 Å². The first-order chi connectivity index (χ1) is 18.4. The number of anilines is 1. The Morgan fingerprint density at radius 1 is 1.03 bits per heavy atom. The highest BCUT2D eigenvalue weighted by atomic mass is 35.5. The molecule has 1 aliphatic carbocycles. The summed E-state index contributed by atoms with van der Waals surface area (Å²) in [7, 11) is 0. The Bertz CT molecular complexity index is 1350. The molecule has 1 aliphatic rings. The second kappa shape index (κ2) is 12.9. The molecule has 2 aromatic carbocycles. The minimum Gasteiger partial charge on any atom is -0.489 e. The van der Waals surface area contributed by atoms with Crippen LogP contribution in [0.25, 0.3) is 0 Å². The zero-order valence-corrected chi connectivity index (χ0v) is 22.8. The van der Waals surface area contributed by atoms with E-state index in [2.05, 4.69) is 15.8 Å². The summed E-state index contributed by atoms with van der Waals surface area (Å²) < 4.78 is 10.9. The fourth-order valence-corrected chi connectivity index (χ4v) is 5.70. The van der Waals surface area contributed by atoms with Crippen LogP contribution in [0.2, 0.25) is 10.0 Å². The van der Waals surface area contributed by atoms with Crippen LogP contribution < -0.4 is 15.5 Å². The van der Waals surface area contributed by atoms with Gasteiger partial charge in [-0.15, -0.1) is 11.3 Å². The average Bonchev–Trinajstić information content (AvgIpc) is 3.27. The van der Waals surface area contributed by atoms with Gasteiger partial charge in [-0.1, -0.05) is 29.3 Å². The Morgan fingerprint density at radius 3 is 2.45 bits per heavy atom. The van der Waals surface area contributed by atoms with Gasteiger partial charge in [0.2, 0.25) is 0 Å². The number of nitrogens with one attached hydrogen (secondary N) is 2. The van der Waals surface area contributed by atoms with E-state index in [0.717, 1.165) is 36.1 Å². The molecule has 1 aromatic heterocycles. The summed E-state index contributed by atoms with van der Waals surface area (Å²) in [6.45, 7) is 2.15. The van der Waals surface area contributed by atoms with E-state index in [0.29, 0.717) is 37.5 Å². The van der Waals surface area contributed by atoms with Gasteiger partial charge in [0.05, 0.1) is 18.4 Å². The molecule has 1 heterocycles. The summed E-state index contributed by atoms with van der Waals surface area (Å²) in [5, 5.41) is 7.79. The fraction of sp³-hybridized carbons (Fsp3) is 0.259. The van der Waals surface area contributed by atoms with E-state index in [1.807, 2.05) is 0 Å². The summed E-state index contributed by atoms with van der Waals surface area (Å²) >= 11 is 13.6. The highest BCUT2D eigenvalue weighted by molar-refractivity contribution is 7.17. The molecule has 0 aliphatic heterocycles. The van der Waals surface area contributed by atoms with Gasteiger partial charge in [-0.2, -0.15) is 5.10 Å². The van der Waals surface area contributed by atoms with Crippen LogP contribution >= 0.6 is 34.5 Å². The molecule has 2 N–H and O–H groups in total. The van der Waals surface area contributed by atoms with Crippen LogP contribution in [-0.4, -0.2) is 30.6 Å². The van der Waals surface area contributed by atoms with Crippen LogP contribution in [0.4, 0.5) is 5.00 Å². The van der Waals surface area contributed by atoms with Crippen molar-refractivity contribution in [3.8, 4) is 5.75 Å². The molecule has 0 saturated carbocycles. The number of fused-ring (bicyclic) bond motifs is 1. The molecule has 11 heteroatoms. The third kappa shape index (κ3) is 6.72. The Hall–Kier alpha value is -3.40. The monoisotopic (exact) mass is 573 g/mol. The fourth-order valence-electron chi connectivity index (χ4n) is 3.93. The number of carbonyl (C=O) groups is 3. The lowest BCUT2D eigenvalue weighted by molar-refractivity contribution is -0.136. The van der Waals surface area contributed by atoms with Crippen molar-refractivity contribution in [1.29, 1.82) is 0 Å². The SMILES string of the molecule is CCOC(=O)c1c(NC(=O)C(=O)NN=Cc2ccc(OCc3c(Cl)cccc3Cl)cc2)sc2c1CCCC2. The van der Waals surface area contributed by atoms with Gasteiger partial charge >= 0.3 is 17.8 Å². The van der Waals surface area contributed by atoms with Gasteiger partial charge in [-0.3, -0.25) is 9.59 Å². The van der Waals surface area contributed by atoms with Crippen molar-refractivity contribution in [2.45, 2.75) is 39.2 Å². The molecule has 0 spiro atoms. The first kappa shape index (κ1) is 27.6. The van der Waals surface area contributed by atoms with Crippen LogP contribution in [0.5, 0.6) is 5.75 Å². The van der Waals surface area contributed by atoms with Crippen molar-refractivity contribution in [3.05, 3.63) is 79.6 Å². The number of thiophene rings is 1. The van der Waals surface area contributed by atoms with Crippen molar-refractivity contribution >= 4 is 63.5 Å². The first-order valence-corrected chi connectivity index (χ1v) is 13.6. The lowest BCUT2D eigenvalue weighted by Crippen LogP contribution is -2.32. The summed E-state index contributed by atoms with van der Waals surface area (Å²) in [5.41, 5.74) is 4.81. The largest absolute Gasteiger partial charge is 0.489 e. The third-order valence-corrected chi connectivity index (χ3v) is 7.70. The molecule has 4 rings (SSSR count). The predicted octanol–water partition coefficient (Wildman–Crippen LogP) is 5.78. The molecule has 0 bridgehead atoms. The van der Waals surface area contributed by atoms with Crippen molar-refractivity contribution in [2.75, 3.05) is 11.9 Å². The standard InChI is InChI=1S/C27H25Cl2N3O5S/c1-2-36-27(35)23-18-6-3-4-9-22(18)38-26(23)31-24(33)25(34)32-30-14-16-10-12-17(13-11-16)37-15-19-20(28)7-5-8-21(19)29/h5,7-8,10-14H,2-4,6,9,15H2,1H3,(H,31,33)(H,32,34). The highest BCUT2D eigenvalue weighted by Gasteiger charge is 2.28. The van der Waals surface area contributed by atoms with Crippen LogP contribution in [0.3, 0.4) is 0 Å². The van der Waals surface area contributed by atoms with Gasteiger partial charge < -0.3 is 14.8 Å². The number of carbonyl (C=O) groups excluding carboxylic acids is 3. The molecule has 0 radical (unpaired) electrons. The summed E-state index contributed by atoms with van der Waals surface area (Å²) in [6.07, 6.45) is 4.94. The zero-order chi connectivity index (χ0) is 27.1. The van der Waals surface area contributed by atoms with E-state index >= 15 is 0 Å². The summed E-state index contributed by atoms with van der Waals surface area (Å²) in [5.74, 6) is -1.78. The molecule has 0 fully saturated rings. The number of hydrogen-bond donors (Lipinski definition) is 2. The zero-order valence-electron chi connectivity index (χ0n) is 20.5. The van der Waals surface area contributed by atoms with Gasteiger partial charge in [0.1, 0.15) is 17.4 Å². The molecule has 2 amide bonds. The molecule has 0 atom stereocenters. The predicted molar refractivity (Wildman–Crippen MR) is 149 cm³/mol. The molecule has 3 aromatic rings. The van der Waals surface area contributed by atoms with Crippen LogP contribution in [0.1, 0.15) is 51.7 Å². The van der Waals surface area contributed by atoms with Gasteiger partial charge in [-0.05, 0) is 80.1 Å². The Labute approximate surface area is 233 Å². The van der Waals surface area contributed by atoms with Crippen molar-refractivity contribution in [2.24, 2.45) is 5.10 Å². The van der Waals surface area contributed by atoms with Crippen LogP contribution in [-0.2, 0) is 33.8 Å². The molecule has 198 valence electrons. The topological polar surface area (TPSA) is 106 Å². The van der Waals surface area contributed by atoms with E-state index < -0.39 is 17.8 Å². The van der Waals surface area contributed by atoms with Gasteiger partial charge in [0.25, 0.3) is 0 Å². The van der Waals surface area contributed by atoms with Gasteiger partial charge in [0, 0.05) is 20.5 Å². The number of esters is 1. The molecule has 8 nitrogen and oxygen atoms in total. The molecule has 38 heavy (non-hydrogen) atoms. The molecular formula is C27H25Cl2N3O5S. The highest BCUT2D eigenvalue weighted by Crippen LogP contribution is 2.38. The second-order valence-electron chi connectivity index (χ2n) is 8.35. The Morgan fingerprint density at radius 2 is 1.74 bits per heavy atom. The Kier molecular flexibility index (Phi) is 9.38. The normalized spacial score (nSPS) is 12.6. The quantitative estimate of drug-likeness (QED) is 0.154. The lowest BCUT2D eigenvalue weighted by atomic mass is 9.95. The third-order valence-electron chi connectivity index (χ3n) is 5.79. The number of ether oxygens (including phenoxy) is 2. The molecular weight excluding hydrogens is 549 g/mol. The smallest absolute Gasteiger partial charge is 0.341 e. The minimum absolute atomic E-state index is 0.211. The van der Waals surface area contributed by atoms with E-state index in [4.69, 9.17) is 32.7 Å². The number of halogens is 2. The van der Waals surface area contributed by atoms with E-state index in [1.165, 1.54) is 17.6 Å². The van der Waals surface area contributed by atoms with Crippen molar-refractivity contribution in [1.82, 2.24) is 5.43 Å². The van der Waals surface area contributed by atoms with E-state index in [9.17, 15) is 14.4 Å². The number of rotatable bonds is 8. The number of benzene rings is 2. The summed E-state index contributed by atoms with van der Waals surface area (Å²) in [4.78, 5) is 38.4. The van der Waals surface area contributed by atoms with E-state index in [1.54, 1.807) is 49.4 Å². The maximum atomic E-state index is 12.5.